The molecular weight excluding hydrogens is 489 g/mol. The lowest BCUT2D eigenvalue weighted by Gasteiger charge is -2.44. The van der Waals surface area contributed by atoms with Gasteiger partial charge in [0.25, 0.3) is 0 Å². The van der Waals surface area contributed by atoms with E-state index in [0.717, 1.165) is 18.4 Å². The van der Waals surface area contributed by atoms with Crippen LogP contribution in [0, 0.1) is 0 Å². The number of aromatic nitrogens is 2. The Kier molecular flexibility index (Phi) is 6.34. The molecule has 2 unspecified atom stereocenters. The maximum absolute atomic E-state index is 13.3. The molecule has 2 amide bonds. The highest BCUT2D eigenvalue weighted by Crippen LogP contribution is 2.42. The number of halogens is 3. The van der Waals surface area contributed by atoms with E-state index in [1.165, 1.54) is 12.1 Å². The van der Waals surface area contributed by atoms with E-state index in [1.807, 2.05) is 0 Å². The quantitative estimate of drug-likeness (QED) is 0.611. The number of likely N-dealkylation sites (tertiary alicyclic amines) is 1. The number of piperidine rings is 1. The number of urea groups is 1. The molecule has 3 heterocycles. The maximum atomic E-state index is 13.3. The van der Waals surface area contributed by atoms with Crippen LogP contribution in [0.1, 0.15) is 54.3 Å². The Hall–Kier alpha value is -2.51. The van der Waals surface area contributed by atoms with Gasteiger partial charge in [-0.2, -0.15) is 15.6 Å². The number of ether oxygens (including phenoxy) is 1. The molecule has 2 N–H and O–H groups in total. The number of alkyl halides is 3. The van der Waals surface area contributed by atoms with Crippen molar-refractivity contribution in [1.82, 2.24) is 19.9 Å². The summed E-state index contributed by atoms with van der Waals surface area (Å²) in [7, 11) is -2.64. The molecule has 2 saturated heterocycles. The standard InChI is InChI=1S/C22H27F3N4O5S/c23-22(24,25)33-18-5-3-14(4-6-18)16-11-17(20-26-19(27-34-20)15-1-2-15)13-29(12-16)21(30)28-7-9-35(31,32)10-8-28/h3-6,15-17,31-32H,1-2,7-13H2. The molecule has 2 aliphatic heterocycles. The lowest BCUT2D eigenvalue weighted by Crippen LogP contribution is -2.52. The number of hydrogen-bond donors (Lipinski definition) is 2. The van der Waals surface area contributed by atoms with E-state index in [9.17, 15) is 27.1 Å². The number of carbonyl (C=O) groups is 1. The maximum Gasteiger partial charge on any atom is 0.573 e. The molecule has 0 bridgehead atoms. The number of carbonyl (C=O) groups excluding carboxylic acids is 1. The summed E-state index contributed by atoms with van der Waals surface area (Å²) < 4.78 is 66.9. The molecule has 2 atom stereocenters. The summed E-state index contributed by atoms with van der Waals surface area (Å²) in [6, 6.07) is 5.48. The topological polar surface area (TPSA) is 112 Å². The smallest absolute Gasteiger partial charge is 0.406 e. The van der Waals surface area contributed by atoms with Gasteiger partial charge < -0.3 is 19.1 Å². The van der Waals surface area contributed by atoms with Gasteiger partial charge in [-0.3, -0.25) is 9.11 Å². The number of hydrogen-bond acceptors (Lipinski definition) is 7. The highest BCUT2D eigenvalue weighted by atomic mass is 32.3. The minimum atomic E-state index is -4.77. The predicted octanol–water partition coefficient (Wildman–Crippen LogP) is 4.60. The molecule has 1 aromatic heterocycles. The van der Waals surface area contributed by atoms with Crippen LogP contribution in [0.4, 0.5) is 18.0 Å². The fourth-order valence-corrected chi connectivity index (χ4v) is 5.89. The monoisotopic (exact) mass is 516 g/mol. The van der Waals surface area contributed by atoms with Gasteiger partial charge in [0.05, 0.1) is 17.4 Å². The normalized spacial score (nSPS) is 25.9. The summed E-state index contributed by atoms with van der Waals surface area (Å²) in [4.78, 5) is 21.2. The van der Waals surface area contributed by atoms with Gasteiger partial charge in [0.2, 0.25) is 5.89 Å². The summed E-state index contributed by atoms with van der Waals surface area (Å²) in [6.45, 7) is 1.24. The number of benzene rings is 1. The highest BCUT2D eigenvalue weighted by molar-refractivity contribution is 8.24. The molecule has 3 fully saturated rings. The molecule has 1 aliphatic carbocycles. The van der Waals surface area contributed by atoms with Crippen molar-refractivity contribution in [2.24, 2.45) is 0 Å². The van der Waals surface area contributed by atoms with Crippen molar-refractivity contribution in [2.75, 3.05) is 37.7 Å². The van der Waals surface area contributed by atoms with Crippen LogP contribution in [-0.4, -0.2) is 79.1 Å². The molecule has 13 heteroatoms. The summed E-state index contributed by atoms with van der Waals surface area (Å²) in [6.07, 6.45) is -2.13. The molecule has 5 rings (SSSR count). The third-order valence-corrected chi connectivity index (χ3v) is 8.37. The number of rotatable bonds is 4. The first kappa shape index (κ1) is 24.2. The second-order valence-corrected chi connectivity index (χ2v) is 11.8. The molecule has 192 valence electrons. The van der Waals surface area contributed by atoms with Crippen molar-refractivity contribution in [3.05, 3.63) is 41.5 Å². The Labute approximate surface area is 201 Å². The average molecular weight is 517 g/mol. The second kappa shape index (κ2) is 9.17. The predicted molar refractivity (Wildman–Crippen MR) is 121 cm³/mol. The molecule has 35 heavy (non-hydrogen) atoms. The van der Waals surface area contributed by atoms with Gasteiger partial charge >= 0.3 is 12.4 Å². The van der Waals surface area contributed by atoms with Gasteiger partial charge in [-0.25, -0.2) is 4.79 Å². The molecule has 9 nitrogen and oxygen atoms in total. The first-order valence-corrected chi connectivity index (χ1v) is 13.4. The van der Waals surface area contributed by atoms with Crippen LogP contribution in [0.3, 0.4) is 0 Å². The van der Waals surface area contributed by atoms with E-state index < -0.39 is 17.0 Å². The van der Waals surface area contributed by atoms with Crippen molar-refractivity contribution in [1.29, 1.82) is 0 Å². The highest BCUT2D eigenvalue weighted by Gasteiger charge is 2.38. The lowest BCUT2D eigenvalue weighted by molar-refractivity contribution is -0.274. The minimum absolute atomic E-state index is 0.147. The van der Waals surface area contributed by atoms with E-state index in [2.05, 4.69) is 14.9 Å². The Morgan fingerprint density at radius 1 is 1.03 bits per heavy atom. The van der Waals surface area contributed by atoms with Crippen molar-refractivity contribution in [3.63, 3.8) is 0 Å². The van der Waals surface area contributed by atoms with Crippen molar-refractivity contribution >= 4 is 16.6 Å². The Morgan fingerprint density at radius 3 is 2.31 bits per heavy atom. The van der Waals surface area contributed by atoms with E-state index >= 15 is 0 Å². The number of nitrogens with zero attached hydrogens (tertiary/aromatic N) is 4. The first-order chi connectivity index (χ1) is 16.6. The zero-order chi connectivity index (χ0) is 24.8. The van der Waals surface area contributed by atoms with Crippen LogP contribution in [-0.2, 0) is 0 Å². The van der Waals surface area contributed by atoms with Crippen LogP contribution in [0.2, 0.25) is 0 Å². The Bertz CT molecular complexity index is 1050. The van der Waals surface area contributed by atoms with Gasteiger partial charge in [0.1, 0.15) is 5.75 Å². The van der Waals surface area contributed by atoms with Gasteiger partial charge in [-0.15, -0.1) is 13.2 Å². The third kappa shape index (κ3) is 5.84. The molecule has 2 aromatic rings. The summed E-state index contributed by atoms with van der Waals surface area (Å²) >= 11 is 0. The van der Waals surface area contributed by atoms with Gasteiger partial charge in [0, 0.05) is 38.0 Å². The van der Waals surface area contributed by atoms with E-state index in [-0.39, 0.29) is 48.2 Å². The first-order valence-electron chi connectivity index (χ1n) is 11.5. The van der Waals surface area contributed by atoms with Gasteiger partial charge in [-0.1, -0.05) is 17.3 Å². The van der Waals surface area contributed by atoms with Crippen LogP contribution < -0.4 is 4.74 Å². The molecular formula is C22H27F3N4O5S. The van der Waals surface area contributed by atoms with Crippen LogP contribution in [0.5, 0.6) is 5.75 Å². The van der Waals surface area contributed by atoms with Crippen LogP contribution in [0.25, 0.3) is 0 Å². The average Bonchev–Trinajstić information content (AvgIpc) is 3.54. The number of amides is 2. The summed E-state index contributed by atoms with van der Waals surface area (Å²) in [5.74, 6) is 1.05. The Balaban J connectivity index is 1.35. The molecule has 1 aromatic carbocycles. The van der Waals surface area contributed by atoms with Gasteiger partial charge in [-0.05, 0) is 37.0 Å². The van der Waals surface area contributed by atoms with Crippen LogP contribution in [0.15, 0.2) is 28.8 Å². The van der Waals surface area contributed by atoms with Crippen molar-refractivity contribution in [2.45, 2.75) is 43.4 Å². The van der Waals surface area contributed by atoms with E-state index in [4.69, 9.17) is 4.52 Å². The molecule has 3 aliphatic rings. The largest absolute Gasteiger partial charge is 0.573 e. The van der Waals surface area contributed by atoms with E-state index in [1.54, 1.807) is 21.9 Å². The lowest BCUT2D eigenvalue weighted by atomic mass is 9.84. The fraction of sp³-hybridized carbons (Fsp3) is 0.591. The summed E-state index contributed by atoms with van der Waals surface area (Å²) in [5, 5.41) is 4.10. The zero-order valence-electron chi connectivity index (χ0n) is 18.9. The minimum Gasteiger partial charge on any atom is -0.406 e. The SMILES string of the molecule is O=C(N1CCS(O)(O)CC1)N1CC(c2ccc(OC(F)(F)F)cc2)CC(c2nc(C3CC3)no2)C1. The molecule has 0 radical (unpaired) electrons. The molecule has 0 spiro atoms. The van der Waals surface area contributed by atoms with Gasteiger partial charge in [0.15, 0.2) is 5.82 Å². The zero-order valence-corrected chi connectivity index (χ0v) is 19.7. The van der Waals surface area contributed by atoms with Crippen molar-refractivity contribution in [3.8, 4) is 5.75 Å². The third-order valence-electron chi connectivity index (χ3n) is 6.70. The fourth-order valence-electron chi connectivity index (χ4n) is 4.66. The second-order valence-electron chi connectivity index (χ2n) is 9.40. The summed E-state index contributed by atoms with van der Waals surface area (Å²) in [5.41, 5.74) is 0.775. The van der Waals surface area contributed by atoms with Crippen LogP contribution >= 0.6 is 10.6 Å². The Morgan fingerprint density at radius 2 is 1.69 bits per heavy atom. The molecule has 1 saturated carbocycles. The van der Waals surface area contributed by atoms with Crippen molar-refractivity contribution < 1.29 is 36.3 Å². The van der Waals surface area contributed by atoms with E-state index in [0.29, 0.717) is 37.1 Å².